The number of nitrogens with two attached hydrogens (primary N) is 1. The monoisotopic (exact) mass is 236 g/mol. The first-order chi connectivity index (χ1) is 7.99. The third-order valence-corrected chi connectivity index (χ3v) is 2.67. The number of carbonyl (C=O) groups excluding carboxylic acids is 1. The molecule has 1 amide bonds. The summed E-state index contributed by atoms with van der Waals surface area (Å²) in [6.45, 7) is 0.190. The molecule has 1 aromatic rings. The standard InChI is InChI=1S/C11H12N2O4/c12-8-3-6(11(16)17)1-2-9(8)13-5-7(14)4-10(13)15/h1-3,7,14H,4-5,12H2,(H,16,17). The second-order valence-corrected chi connectivity index (χ2v) is 3.94. The fourth-order valence-electron chi connectivity index (χ4n) is 1.85. The fourth-order valence-corrected chi connectivity index (χ4v) is 1.85. The number of β-amino-alcohol motifs (C(OH)–C–C–N with tert-alkyl or cyclic N) is 1. The number of aliphatic hydroxyl groups excluding tert-OH is 1. The van der Waals surface area contributed by atoms with Gasteiger partial charge in [0.2, 0.25) is 5.91 Å². The lowest BCUT2D eigenvalue weighted by Gasteiger charge is -2.18. The summed E-state index contributed by atoms with van der Waals surface area (Å²) in [7, 11) is 0. The summed E-state index contributed by atoms with van der Waals surface area (Å²) in [6, 6.07) is 4.16. The van der Waals surface area contributed by atoms with Crippen molar-refractivity contribution in [1.82, 2.24) is 0 Å². The summed E-state index contributed by atoms with van der Waals surface area (Å²) in [6.07, 6.45) is -0.624. The number of anilines is 2. The topological polar surface area (TPSA) is 104 Å². The first-order valence-electron chi connectivity index (χ1n) is 5.10. The molecule has 1 fully saturated rings. The van der Waals surface area contributed by atoms with Crippen molar-refractivity contribution < 1.29 is 19.8 Å². The van der Waals surface area contributed by atoms with E-state index in [2.05, 4.69) is 0 Å². The van der Waals surface area contributed by atoms with Crippen LogP contribution in [0.1, 0.15) is 16.8 Å². The summed E-state index contributed by atoms with van der Waals surface area (Å²) < 4.78 is 0. The van der Waals surface area contributed by atoms with Gasteiger partial charge in [-0.05, 0) is 18.2 Å². The average Bonchev–Trinajstić information content (AvgIpc) is 2.57. The predicted molar refractivity (Wildman–Crippen MR) is 60.8 cm³/mol. The van der Waals surface area contributed by atoms with E-state index in [1.807, 2.05) is 0 Å². The van der Waals surface area contributed by atoms with Crippen molar-refractivity contribution in [3.63, 3.8) is 0 Å². The minimum atomic E-state index is -1.07. The number of aliphatic hydroxyl groups is 1. The Balaban J connectivity index is 2.34. The molecular weight excluding hydrogens is 224 g/mol. The third-order valence-electron chi connectivity index (χ3n) is 2.67. The third kappa shape index (κ3) is 2.07. The fraction of sp³-hybridized carbons (Fsp3) is 0.273. The van der Waals surface area contributed by atoms with E-state index < -0.39 is 12.1 Å². The van der Waals surface area contributed by atoms with E-state index in [9.17, 15) is 14.7 Å². The van der Waals surface area contributed by atoms with Gasteiger partial charge in [-0.3, -0.25) is 4.79 Å². The van der Waals surface area contributed by atoms with Gasteiger partial charge in [0.05, 0.1) is 36.0 Å². The van der Waals surface area contributed by atoms with Gasteiger partial charge >= 0.3 is 5.97 Å². The maximum Gasteiger partial charge on any atom is 0.335 e. The zero-order valence-corrected chi connectivity index (χ0v) is 8.96. The predicted octanol–water partition coefficient (Wildman–Crippen LogP) is 0.0646. The lowest BCUT2D eigenvalue weighted by molar-refractivity contribution is -0.117. The van der Waals surface area contributed by atoms with Gasteiger partial charge in [0.1, 0.15) is 0 Å². The molecule has 6 heteroatoms. The maximum absolute atomic E-state index is 11.6. The second-order valence-electron chi connectivity index (χ2n) is 3.94. The van der Waals surface area contributed by atoms with E-state index in [-0.39, 0.29) is 30.1 Å². The Morgan fingerprint density at radius 2 is 2.18 bits per heavy atom. The number of hydrogen-bond acceptors (Lipinski definition) is 4. The summed E-state index contributed by atoms with van der Waals surface area (Å²) in [5, 5.41) is 18.2. The van der Waals surface area contributed by atoms with E-state index in [1.54, 1.807) is 0 Å². The molecule has 1 unspecified atom stereocenters. The van der Waals surface area contributed by atoms with Gasteiger partial charge in [0.25, 0.3) is 0 Å². The molecule has 1 aromatic carbocycles. The summed E-state index contributed by atoms with van der Waals surface area (Å²) in [4.78, 5) is 23.6. The number of benzene rings is 1. The number of aromatic carboxylic acids is 1. The molecule has 17 heavy (non-hydrogen) atoms. The Labute approximate surface area is 97.3 Å². The molecule has 2 rings (SSSR count). The molecule has 1 saturated heterocycles. The quantitative estimate of drug-likeness (QED) is 0.630. The summed E-state index contributed by atoms with van der Waals surface area (Å²) >= 11 is 0. The van der Waals surface area contributed by atoms with Crippen molar-refractivity contribution in [1.29, 1.82) is 0 Å². The highest BCUT2D eigenvalue weighted by Crippen LogP contribution is 2.28. The molecular formula is C11H12N2O4. The largest absolute Gasteiger partial charge is 0.478 e. The number of nitrogens with zero attached hydrogens (tertiary/aromatic N) is 1. The highest BCUT2D eigenvalue weighted by molar-refractivity contribution is 6.00. The van der Waals surface area contributed by atoms with Crippen LogP contribution in [0, 0.1) is 0 Å². The minimum Gasteiger partial charge on any atom is -0.478 e. The number of carboxylic acids is 1. The Hall–Kier alpha value is -2.08. The number of carbonyl (C=O) groups is 2. The van der Waals surface area contributed by atoms with Crippen molar-refractivity contribution in [2.75, 3.05) is 17.2 Å². The van der Waals surface area contributed by atoms with E-state index in [4.69, 9.17) is 10.8 Å². The molecule has 0 saturated carbocycles. The van der Waals surface area contributed by atoms with Crippen LogP contribution in [0.4, 0.5) is 11.4 Å². The number of amides is 1. The van der Waals surface area contributed by atoms with Crippen LogP contribution >= 0.6 is 0 Å². The first kappa shape index (κ1) is 11.4. The van der Waals surface area contributed by atoms with E-state index >= 15 is 0 Å². The highest BCUT2D eigenvalue weighted by atomic mass is 16.4. The highest BCUT2D eigenvalue weighted by Gasteiger charge is 2.30. The SMILES string of the molecule is Nc1cc(C(=O)O)ccc1N1CC(O)CC1=O. The minimum absolute atomic E-state index is 0.0680. The van der Waals surface area contributed by atoms with Crippen LogP contribution in [0.25, 0.3) is 0 Å². The zero-order chi connectivity index (χ0) is 12.6. The molecule has 0 radical (unpaired) electrons. The van der Waals surface area contributed by atoms with Gasteiger partial charge in [0, 0.05) is 0 Å². The summed E-state index contributed by atoms with van der Waals surface area (Å²) in [5.74, 6) is -1.29. The van der Waals surface area contributed by atoms with Gasteiger partial charge in [-0.2, -0.15) is 0 Å². The molecule has 6 nitrogen and oxygen atoms in total. The zero-order valence-electron chi connectivity index (χ0n) is 8.96. The second kappa shape index (κ2) is 4.06. The smallest absolute Gasteiger partial charge is 0.335 e. The molecule has 0 bridgehead atoms. The van der Waals surface area contributed by atoms with Crippen molar-refractivity contribution in [2.45, 2.75) is 12.5 Å². The first-order valence-corrected chi connectivity index (χ1v) is 5.10. The van der Waals surface area contributed by atoms with Crippen LogP contribution in [0.15, 0.2) is 18.2 Å². The van der Waals surface area contributed by atoms with Crippen molar-refractivity contribution in [3.05, 3.63) is 23.8 Å². The lowest BCUT2D eigenvalue weighted by atomic mass is 10.1. The molecule has 0 aromatic heterocycles. The molecule has 1 atom stereocenters. The van der Waals surface area contributed by atoms with Crippen LogP contribution in [0.2, 0.25) is 0 Å². The average molecular weight is 236 g/mol. The summed E-state index contributed by atoms with van der Waals surface area (Å²) in [5.41, 5.74) is 6.43. The van der Waals surface area contributed by atoms with E-state index in [0.717, 1.165) is 0 Å². The molecule has 0 aliphatic carbocycles. The molecule has 90 valence electrons. The Kier molecular flexibility index (Phi) is 2.72. The van der Waals surface area contributed by atoms with Gasteiger partial charge in [0.15, 0.2) is 0 Å². The molecule has 4 N–H and O–H groups in total. The number of hydrogen-bond donors (Lipinski definition) is 3. The molecule has 1 aliphatic rings. The Morgan fingerprint density at radius 3 is 2.65 bits per heavy atom. The van der Waals surface area contributed by atoms with Gasteiger partial charge in [-0.25, -0.2) is 4.79 Å². The lowest BCUT2D eigenvalue weighted by Crippen LogP contribution is -2.26. The normalized spacial score (nSPS) is 19.7. The van der Waals surface area contributed by atoms with Crippen molar-refractivity contribution in [3.8, 4) is 0 Å². The number of nitrogen functional groups attached to an aromatic ring is 1. The van der Waals surface area contributed by atoms with E-state index in [0.29, 0.717) is 5.69 Å². The van der Waals surface area contributed by atoms with Gasteiger partial charge in [-0.15, -0.1) is 0 Å². The Bertz CT molecular complexity index is 486. The van der Waals surface area contributed by atoms with Crippen molar-refractivity contribution >= 4 is 23.3 Å². The van der Waals surface area contributed by atoms with E-state index in [1.165, 1.54) is 23.1 Å². The maximum atomic E-state index is 11.6. The Morgan fingerprint density at radius 1 is 1.47 bits per heavy atom. The molecule has 1 heterocycles. The van der Waals surface area contributed by atoms with Gasteiger partial charge < -0.3 is 20.8 Å². The van der Waals surface area contributed by atoms with Crippen LogP contribution in [-0.4, -0.2) is 34.7 Å². The van der Waals surface area contributed by atoms with Crippen LogP contribution in [0.3, 0.4) is 0 Å². The number of rotatable bonds is 2. The van der Waals surface area contributed by atoms with Crippen LogP contribution in [-0.2, 0) is 4.79 Å². The van der Waals surface area contributed by atoms with Crippen molar-refractivity contribution in [2.24, 2.45) is 0 Å². The molecule has 0 spiro atoms. The molecule has 1 aliphatic heterocycles. The van der Waals surface area contributed by atoms with Crippen LogP contribution in [0.5, 0.6) is 0 Å². The number of carboxylic acid groups (broad SMARTS) is 1. The van der Waals surface area contributed by atoms with Gasteiger partial charge in [-0.1, -0.05) is 0 Å². The van der Waals surface area contributed by atoms with Crippen LogP contribution < -0.4 is 10.6 Å².